The Bertz CT molecular complexity index is 3210. The molecule has 0 amide bonds. The summed E-state index contributed by atoms with van der Waals surface area (Å²) in [5.74, 6) is 0. The standard InChI is InChI=1S/C53H34N2/c1-2-14-35(15-3-1)40-33-50(39-27-26-36-16-4-5-17-37(36)28-39)54-51(34-40)42-29-41(49-32-38-18-6-7-19-44(38)45-20-8-9-21-46(45)49)30-43(31-42)55-52-24-12-10-22-47(52)48-23-11-13-25-53(48)55/h1-34H. The van der Waals surface area contributed by atoms with Crippen LogP contribution in [-0.4, -0.2) is 9.55 Å². The smallest absolute Gasteiger partial charge is 0.0716 e. The van der Waals surface area contributed by atoms with Crippen molar-refractivity contribution in [2.24, 2.45) is 0 Å². The van der Waals surface area contributed by atoms with Crippen LogP contribution >= 0.6 is 0 Å². The zero-order valence-electron chi connectivity index (χ0n) is 30.0. The van der Waals surface area contributed by atoms with Crippen LogP contribution in [-0.2, 0) is 0 Å². The van der Waals surface area contributed by atoms with Gasteiger partial charge in [-0.1, -0.05) is 152 Å². The zero-order valence-corrected chi connectivity index (χ0v) is 30.0. The van der Waals surface area contributed by atoms with Crippen molar-refractivity contribution in [3.63, 3.8) is 0 Å². The third kappa shape index (κ3) is 5.30. The molecule has 2 aromatic heterocycles. The molecule has 9 aromatic carbocycles. The fourth-order valence-electron chi connectivity index (χ4n) is 8.51. The maximum Gasteiger partial charge on any atom is 0.0716 e. The van der Waals surface area contributed by atoms with E-state index in [4.69, 9.17) is 4.98 Å². The SMILES string of the molecule is c1ccc(-c2cc(-c3cc(-c4cc5ccccc5c5ccccc45)cc(-n4c5ccccc5c5ccccc54)c3)nc(-c3ccc4ccccc4c3)c2)cc1. The van der Waals surface area contributed by atoms with Gasteiger partial charge in [0.2, 0.25) is 0 Å². The maximum atomic E-state index is 5.49. The van der Waals surface area contributed by atoms with Crippen LogP contribution < -0.4 is 0 Å². The monoisotopic (exact) mass is 698 g/mol. The number of hydrogen-bond acceptors (Lipinski definition) is 1. The number of pyridine rings is 1. The fourth-order valence-corrected chi connectivity index (χ4v) is 8.51. The molecular formula is C53H34N2. The summed E-state index contributed by atoms with van der Waals surface area (Å²) in [5, 5.41) is 9.87. The van der Waals surface area contributed by atoms with Crippen molar-refractivity contribution in [3.05, 3.63) is 206 Å². The summed E-state index contributed by atoms with van der Waals surface area (Å²) >= 11 is 0. The lowest BCUT2D eigenvalue weighted by molar-refractivity contribution is 1.18. The van der Waals surface area contributed by atoms with Gasteiger partial charge in [-0.25, -0.2) is 4.98 Å². The molecule has 2 heterocycles. The summed E-state index contributed by atoms with van der Waals surface area (Å²) < 4.78 is 2.42. The Labute approximate surface area is 319 Å². The van der Waals surface area contributed by atoms with Crippen LogP contribution in [0.25, 0.3) is 105 Å². The Morgan fingerprint density at radius 2 is 0.855 bits per heavy atom. The third-order valence-electron chi connectivity index (χ3n) is 11.1. The summed E-state index contributed by atoms with van der Waals surface area (Å²) in [6, 6.07) is 74.8. The molecule has 11 rings (SSSR count). The predicted octanol–water partition coefficient (Wildman–Crippen LogP) is 14.3. The van der Waals surface area contributed by atoms with Gasteiger partial charge in [0.05, 0.1) is 22.4 Å². The van der Waals surface area contributed by atoms with Gasteiger partial charge in [-0.3, -0.25) is 0 Å². The van der Waals surface area contributed by atoms with Crippen molar-refractivity contribution in [1.29, 1.82) is 0 Å². The van der Waals surface area contributed by atoms with Crippen LogP contribution in [0.5, 0.6) is 0 Å². The first-order chi connectivity index (χ1) is 27.2. The first-order valence-corrected chi connectivity index (χ1v) is 18.9. The Morgan fingerprint density at radius 3 is 1.60 bits per heavy atom. The lowest BCUT2D eigenvalue weighted by Crippen LogP contribution is -1.98. The highest BCUT2D eigenvalue weighted by atomic mass is 15.0. The number of nitrogens with zero attached hydrogens (tertiary/aromatic N) is 2. The van der Waals surface area contributed by atoms with Crippen molar-refractivity contribution >= 4 is 54.1 Å². The molecule has 0 aliphatic heterocycles. The molecule has 11 aromatic rings. The topological polar surface area (TPSA) is 17.8 Å². The minimum absolute atomic E-state index is 0.929. The zero-order chi connectivity index (χ0) is 36.3. The van der Waals surface area contributed by atoms with Gasteiger partial charge in [0, 0.05) is 27.6 Å². The summed E-state index contributed by atoms with van der Waals surface area (Å²) in [4.78, 5) is 5.49. The van der Waals surface area contributed by atoms with Crippen LogP contribution in [0, 0.1) is 0 Å². The van der Waals surface area contributed by atoms with E-state index < -0.39 is 0 Å². The Morgan fingerprint density at radius 1 is 0.291 bits per heavy atom. The van der Waals surface area contributed by atoms with Gasteiger partial charge in [0.25, 0.3) is 0 Å². The maximum absolute atomic E-state index is 5.49. The highest BCUT2D eigenvalue weighted by molar-refractivity contribution is 6.14. The molecule has 2 heteroatoms. The van der Waals surface area contributed by atoms with Gasteiger partial charge in [0.15, 0.2) is 0 Å². The molecule has 0 aliphatic carbocycles. The summed E-state index contributed by atoms with van der Waals surface area (Å²) in [6.07, 6.45) is 0. The van der Waals surface area contributed by atoms with Gasteiger partial charge < -0.3 is 4.57 Å². The fraction of sp³-hybridized carbons (Fsp3) is 0. The lowest BCUT2D eigenvalue weighted by atomic mass is 9.91. The van der Waals surface area contributed by atoms with Crippen LogP contribution in [0.3, 0.4) is 0 Å². The number of aromatic nitrogens is 2. The Balaban J connectivity index is 1.22. The molecule has 0 atom stereocenters. The number of rotatable bonds is 5. The van der Waals surface area contributed by atoms with Gasteiger partial charge in [-0.2, -0.15) is 0 Å². The molecule has 0 spiro atoms. The average Bonchev–Trinajstić information content (AvgIpc) is 3.60. The molecule has 0 saturated carbocycles. The van der Waals surface area contributed by atoms with Crippen molar-refractivity contribution < 1.29 is 0 Å². The van der Waals surface area contributed by atoms with E-state index in [0.717, 1.165) is 44.9 Å². The number of benzene rings is 9. The quantitative estimate of drug-likeness (QED) is 0.164. The van der Waals surface area contributed by atoms with E-state index in [1.165, 1.54) is 59.7 Å². The van der Waals surface area contributed by atoms with Crippen molar-refractivity contribution in [2.45, 2.75) is 0 Å². The van der Waals surface area contributed by atoms with Gasteiger partial charge in [-0.05, 0) is 109 Å². The number of fused-ring (bicyclic) bond motifs is 7. The second-order valence-electron chi connectivity index (χ2n) is 14.4. The molecule has 0 radical (unpaired) electrons. The number of hydrogen-bond donors (Lipinski definition) is 0. The Kier molecular flexibility index (Phi) is 7.21. The number of para-hydroxylation sites is 2. The van der Waals surface area contributed by atoms with Crippen molar-refractivity contribution in [2.75, 3.05) is 0 Å². The van der Waals surface area contributed by atoms with E-state index in [9.17, 15) is 0 Å². The normalized spacial score (nSPS) is 11.6. The van der Waals surface area contributed by atoms with Crippen molar-refractivity contribution in [3.8, 4) is 50.5 Å². The van der Waals surface area contributed by atoms with Crippen LogP contribution in [0.1, 0.15) is 0 Å². The van der Waals surface area contributed by atoms with Gasteiger partial charge in [0.1, 0.15) is 0 Å². The molecule has 256 valence electrons. The second-order valence-corrected chi connectivity index (χ2v) is 14.4. The van der Waals surface area contributed by atoms with E-state index in [-0.39, 0.29) is 0 Å². The van der Waals surface area contributed by atoms with E-state index in [0.29, 0.717) is 0 Å². The summed E-state index contributed by atoms with van der Waals surface area (Å²) in [7, 11) is 0. The van der Waals surface area contributed by atoms with Gasteiger partial charge >= 0.3 is 0 Å². The minimum atomic E-state index is 0.929. The highest BCUT2D eigenvalue weighted by Gasteiger charge is 2.18. The molecule has 0 N–H and O–H groups in total. The third-order valence-corrected chi connectivity index (χ3v) is 11.1. The largest absolute Gasteiger partial charge is 0.309 e. The molecular weight excluding hydrogens is 665 g/mol. The van der Waals surface area contributed by atoms with Crippen LogP contribution in [0.2, 0.25) is 0 Å². The highest BCUT2D eigenvalue weighted by Crippen LogP contribution is 2.41. The van der Waals surface area contributed by atoms with Crippen LogP contribution in [0.4, 0.5) is 0 Å². The van der Waals surface area contributed by atoms with Crippen LogP contribution in [0.15, 0.2) is 206 Å². The Hall–Kier alpha value is -7.29. The molecule has 0 unspecified atom stereocenters. The first kappa shape index (κ1) is 31.3. The van der Waals surface area contributed by atoms with E-state index in [1.807, 2.05) is 0 Å². The lowest BCUT2D eigenvalue weighted by Gasteiger charge is -2.17. The molecule has 0 bridgehead atoms. The summed E-state index contributed by atoms with van der Waals surface area (Å²) in [5.41, 5.74) is 12.1. The summed E-state index contributed by atoms with van der Waals surface area (Å²) in [6.45, 7) is 0. The first-order valence-electron chi connectivity index (χ1n) is 18.9. The molecule has 0 aliphatic rings. The minimum Gasteiger partial charge on any atom is -0.309 e. The van der Waals surface area contributed by atoms with Gasteiger partial charge in [-0.15, -0.1) is 0 Å². The molecule has 2 nitrogen and oxygen atoms in total. The van der Waals surface area contributed by atoms with E-state index in [2.05, 4.69) is 211 Å². The molecule has 0 saturated heterocycles. The molecule has 0 fully saturated rings. The second kappa shape index (κ2) is 12.7. The van der Waals surface area contributed by atoms with Crippen molar-refractivity contribution in [1.82, 2.24) is 9.55 Å². The van der Waals surface area contributed by atoms with E-state index in [1.54, 1.807) is 0 Å². The van der Waals surface area contributed by atoms with E-state index >= 15 is 0 Å². The molecule has 55 heavy (non-hydrogen) atoms. The average molecular weight is 699 g/mol. The predicted molar refractivity (Wildman–Crippen MR) is 233 cm³/mol.